The Labute approximate surface area is 97.6 Å². The molecule has 0 heterocycles. The van der Waals surface area contributed by atoms with Crippen LogP contribution in [0.1, 0.15) is 40.7 Å². The van der Waals surface area contributed by atoms with Gasteiger partial charge in [-0.15, -0.1) is 0 Å². The van der Waals surface area contributed by atoms with Gasteiger partial charge in [0.25, 0.3) is 0 Å². The first kappa shape index (κ1) is 12.1. The van der Waals surface area contributed by atoms with Crippen molar-refractivity contribution in [3.63, 3.8) is 0 Å². The van der Waals surface area contributed by atoms with Gasteiger partial charge >= 0.3 is 6.18 Å². The third-order valence-electron chi connectivity index (χ3n) is 3.06. The lowest BCUT2D eigenvalue weighted by Gasteiger charge is -2.06. The van der Waals surface area contributed by atoms with Crippen LogP contribution in [-0.2, 0) is 12.8 Å². The van der Waals surface area contributed by atoms with Crippen LogP contribution in [-0.4, -0.2) is 12.0 Å². The van der Waals surface area contributed by atoms with E-state index in [9.17, 15) is 18.0 Å². The molecule has 92 valence electrons. The summed E-state index contributed by atoms with van der Waals surface area (Å²) >= 11 is 0. The molecule has 2 rings (SSSR count). The number of ketones is 1. The van der Waals surface area contributed by atoms with Gasteiger partial charge in [-0.2, -0.15) is 13.2 Å². The number of carbonyl (C=O) groups is 1. The first-order valence-corrected chi connectivity index (χ1v) is 5.67. The summed E-state index contributed by atoms with van der Waals surface area (Å²) in [5.41, 5.74) is 2.75. The van der Waals surface area contributed by atoms with Crippen LogP contribution < -0.4 is 0 Å². The highest BCUT2D eigenvalue weighted by atomic mass is 19.4. The molecule has 0 aliphatic heterocycles. The zero-order valence-corrected chi connectivity index (χ0v) is 9.31. The van der Waals surface area contributed by atoms with E-state index < -0.39 is 24.8 Å². The fourth-order valence-electron chi connectivity index (χ4n) is 2.14. The van der Waals surface area contributed by atoms with Crippen molar-refractivity contribution < 1.29 is 18.0 Å². The molecule has 0 N–H and O–H groups in total. The normalized spacial score (nSPS) is 14.8. The van der Waals surface area contributed by atoms with Crippen LogP contribution in [0.25, 0.3) is 0 Å². The Morgan fingerprint density at radius 2 is 1.88 bits per heavy atom. The molecule has 0 amide bonds. The van der Waals surface area contributed by atoms with Crippen LogP contribution in [0.3, 0.4) is 0 Å². The van der Waals surface area contributed by atoms with Crippen molar-refractivity contribution in [2.24, 2.45) is 0 Å². The Balaban J connectivity index is 2.05. The van der Waals surface area contributed by atoms with Gasteiger partial charge in [-0.1, -0.05) is 12.1 Å². The second-order valence-electron chi connectivity index (χ2n) is 4.38. The summed E-state index contributed by atoms with van der Waals surface area (Å²) in [5, 5.41) is 0. The largest absolute Gasteiger partial charge is 0.389 e. The summed E-state index contributed by atoms with van der Waals surface area (Å²) in [5.74, 6) is -0.419. The summed E-state index contributed by atoms with van der Waals surface area (Å²) in [4.78, 5) is 11.6. The minimum atomic E-state index is -4.26. The summed E-state index contributed by atoms with van der Waals surface area (Å²) < 4.78 is 36.0. The van der Waals surface area contributed by atoms with E-state index in [0.717, 1.165) is 24.8 Å². The number of fused-ring (bicyclic) bond motifs is 1. The van der Waals surface area contributed by atoms with Gasteiger partial charge < -0.3 is 0 Å². The Morgan fingerprint density at radius 3 is 2.59 bits per heavy atom. The molecule has 0 bridgehead atoms. The highest BCUT2D eigenvalue weighted by Gasteiger charge is 2.28. The van der Waals surface area contributed by atoms with Crippen LogP contribution >= 0.6 is 0 Å². The summed E-state index contributed by atoms with van der Waals surface area (Å²) in [6.45, 7) is 0. The van der Waals surface area contributed by atoms with Crippen LogP contribution in [0, 0.1) is 0 Å². The molecule has 1 nitrogen and oxygen atoms in total. The molecular weight excluding hydrogens is 229 g/mol. The smallest absolute Gasteiger partial charge is 0.294 e. The van der Waals surface area contributed by atoms with Gasteiger partial charge in [0.15, 0.2) is 5.78 Å². The number of hydrogen-bond donors (Lipinski definition) is 0. The highest BCUT2D eigenvalue weighted by molar-refractivity contribution is 5.96. The topological polar surface area (TPSA) is 17.1 Å². The fraction of sp³-hybridized carbons (Fsp3) is 0.462. The molecule has 1 aromatic rings. The van der Waals surface area contributed by atoms with Crippen LogP contribution in [0.15, 0.2) is 18.2 Å². The molecule has 0 saturated carbocycles. The van der Waals surface area contributed by atoms with Crippen molar-refractivity contribution in [1.29, 1.82) is 0 Å². The average Bonchev–Trinajstić information content (AvgIpc) is 2.71. The molecular formula is C13H13F3O. The minimum Gasteiger partial charge on any atom is -0.294 e. The first-order chi connectivity index (χ1) is 7.96. The van der Waals surface area contributed by atoms with E-state index in [1.807, 2.05) is 6.07 Å². The standard InChI is InChI=1S/C13H13F3O/c14-13(15,16)7-6-12(17)11-5-4-9-2-1-3-10(9)8-11/h4-5,8H,1-3,6-7H2. The maximum Gasteiger partial charge on any atom is 0.389 e. The van der Waals surface area contributed by atoms with Crippen LogP contribution in [0.4, 0.5) is 13.2 Å². The number of aryl methyl sites for hydroxylation is 2. The van der Waals surface area contributed by atoms with Crippen molar-refractivity contribution in [2.45, 2.75) is 38.3 Å². The third kappa shape index (κ3) is 3.08. The molecule has 17 heavy (non-hydrogen) atoms. The van der Waals surface area contributed by atoms with E-state index in [2.05, 4.69) is 0 Å². The van der Waals surface area contributed by atoms with Gasteiger partial charge in [0.05, 0.1) is 6.42 Å². The first-order valence-electron chi connectivity index (χ1n) is 5.67. The van der Waals surface area contributed by atoms with Crippen LogP contribution in [0.5, 0.6) is 0 Å². The number of benzene rings is 1. The predicted octanol–water partition coefficient (Wildman–Crippen LogP) is 3.70. The summed E-state index contributed by atoms with van der Waals surface area (Å²) in [6, 6.07) is 5.26. The Bertz CT molecular complexity index is 435. The molecule has 1 aromatic carbocycles. The van der Waals surface area contributed by atoms with Gasteiger partial charge in [0.2, 0.25) is 0 Å². The van der Waals surface area contributed by atoms with Crippen LogP contribution in [0.2, 0.25) is 0 Å². The maximum absolute atomic E-state index is 12.0. The highest BCUT2D eigenvalue weighted by Crippen LogP contribution is 2.25. The molecule has 1 aliphatic carbocycles. The van der Waals surface area contributed by atoms with E-state index >= 15 is 0 Å². The van der Waals surface area contributed by atoms with E-state index in [4.69, 9.17) is 0 Å². The molecule has 0 fully saturated rings. The van der Waals surface area contributed by atoms with Crippen molar-refractivity contribution in [3.8, 4) is 0 Å². The molecule has 0 unspecified atom stereocenters. The van der Waals surface area contributed by atoms with Gasteiger partial charge in [0.1, 0.15) is 0 Å². The molecule has 0 spiro atoms. The average molecular weight is 242 g/mol. The number of hydrogen-bond acceptors (Lipinski definition) is 1. The molecule has 0 atom stereocenters. The summed E-state index contributed by atoms with van der Waals surface area (Å²) in [6.07, 6.45) is -2.75. The molecule has 1 aliphatic rings. The lowest BCUT2D eigenvalue weighted by Crippen LogP contribution is -2.11. The van der Waals surface area contributed by atoms with E-state index in [0.29, 0.717) is 5.56 Å². The fourth-order valence-corrected chi connectivity index (χ4v) is 2.14. The Kier molecular flexibility index (Phi) is 3.22. The lowest BCUT2D eigenvalue weighted by atomic mass is 10.0. The number of carbonyl (C=O) groups excluding carboxylic acids is 1. The second-order valence-corrected chi connectivity index (χ2v) is 4.38. The zero-order chi connectivity index (χ0) is 12.5. The monoisotopic (exact) mass is 242 g/mol. The lowest BCUT2D eigenvalue weighted by molar-refractivity contribution is -0.133. The van der Waals surface area contributed by atoms with Crippen molar-refractivity contribution in [3.05, 3.63) is 34.9 Å². The van der Waals surface area contributed by atoms with E-state index in [1.165, 1.54) is 5.56 Å². The van der Waals surface area contributed by atoms with Gasteiger partial charge in [-0.25, -0.2) is 0 Å². The maximum atomic E-state index is 12.0. The van der Waals surface area contributed by atoms with Gasteiger partial charge in [-0.3, -0.25) is 4.79 Å². The quantitative estimate of drug-likeness (QED) is 0.738. The second kappa shape index (κ2) is 4.51. The van der Waals surface area contributed by atoms with E-state index in [1.54, 1.807) is 12.1 Å². The minimum absolute atomic E-state index is 0.412. The SMILES string of the molecule is O=C(CCC(F)(F)F)c1ccc2c(c1)CCC2. The van der Waals surface area contributed by atoms with Gasteiger partial charge in [0, 0.05) is 12.0 Å². The summed E-state index contributed by atoms with van der Waals surface area (Å²) in [7, 11) is 0. The Hall–Kier alpha value is -1.32. The van der Waals surface area contributed by atoms with Crippen molar-refractivity contribution in [2.75, 3.05) is 0 Å². The predicted molar refractivity (Wildman–Crippen MR) is 58.1 cm³/mol. The molecule has 0 aromatic heterocycles. The van der Waals surface area contributed by atoms with Gasteiger partial charge in [-0.05, 0) is 36.5 Å². The number of alkyl halides is 3. The molecule has 0 saturated heterocycles. The Morgan fingerprint density at radius 1 is 1.18 bits per heavy atom. The van der Waals surface area contributed by atoms with Crippen molar-refractivity contribution in [1.82, 2.24) is 0 Å². The zero-order valence-electron chi connectivity index (χ0n) is 9.31. The number of Topliss-reactive ketones (excluding diaryl/α,β-unsaturated/α-hetero) is 1. The third-order valence-corrected chi connectivity index (χ3v) is 3.06. The number of halogens is 3. The number of rotatable bonds is 3. The van der Waals surface area contributed by atoms with E-state index in [-0.39, 0.29) is 0 Å². The van der Waals surface area contributed by atoms with Crippen molar-refractivity contribution >= 4 is 5.78 Å². The molecule has 0 radical (unpaired) electrons. The molecule has 4 heteroatoms.